The summed E-state index contributed by atoms with van der Waals surface area (Å²) < 4.78 is 11.1. The van der Waals surface area contributed by atoms with E-state index >= 15 is 0 Å². The van der Waals surface area contributed by atoms with Crippen molar-refractivity contribution in [3.05, 3.63) is 59.7 Å². The van der Waals surface area contributed by atoms with Crippen molar-refractivity contribution in [2.24, 2.45) is 5.73 Å². The molecule has 2 rings (SSSR count). The van der Waals surface area contributed by atoms with Crippen molar-refractivity contribution >= 4 is 17.7 Å². The lowest BCUT2D eigenvalue weighted by Gasteiger charge is -2.23. The van der Waals surface area contributed by atoms with Gasteiger partial charge in [-0.3, -0.25) is 4.79 Å². The second-order valence-corrected chi connectivity index (χ2v) is 8.05. The summed E-state index contributed by atoms with van der Waals surface area (Å²) in [6.07, 6.45) is 1.68. The highest BCUT2D eigenvalue weighted by Gasteiger charge is 2.16. The van der Waals surface area contributed by atoms with Crippen LogP contribution in [0.5, 0.6) is 5.75 Å². The molecule has 8 heteroatoms. The maximum absolute atomic E-state index is 12.4. The van der Waals surface area contributed by atoms with E-state index in [0.29, 0.717) is 50.5 Å². The van der Waals surface area contributed by atoms with Crippen molar-refractivity contribution in [2.75, 3.05) is 32.0 Å². The topological polar surface area (TPSA) is 120 Å². The molecular weight excluding hydrogens is 420 g/mol. The molecule has 0 bridgehead atoms. The number of carbonyl (C=O) groups is 2. The molecule has 180 valence electrons. The Morgan fingerprint density at radius 1 is 0.970 bits per heavy atom. The van der Waals surface area contributed by atoms with E-state index in [2.05, 4.69) is 5.32 Å². The van der Waals surface area contributed by atoms with Crippen LogP contribution in [0.25, 0.3) is 0 Å². The molecule has 2 aromatic rings. The third-order valence-corrected chi connectivity index (χ3v) is 4.91. The van der Waals surface area contributed by atoms with Crippen molar-refractivity contribution in [3.8, 4) is 5.75 Å². The fourth-order valence-corrected chi connectivity index (χ4v) is 3.10. The van der Waals surface area contributed by atoms with E-state index in [1.54, 1.807) is 29.2 Å². The van der Waals surface area contributed by atoms with Gasteiger partial charge in [0.05, 0.1) is 12.7 Å². The molecule has 0 aliphatic heterocycles. The quantitative estimate of drug-likeness (QED) is 0.313. The van der Waals surface area contributed by atoms with Crippen molar-refractivity contribution < 1.29 is 19.1 Å². The second-order valence-electron chi connectivity index (χ2n) is 8.05. The Morgan fingerprint density at radius 3 is 2.27 bits per heavy atom. The molecule has 0 radical (unpaired) electrons. The van der Waals surface area contributed by atoms with E-state index in [9.17, 15) is 9.59 Å². The van der Waals surface area contributed by atoms with Crippen LogP contribution in [0, 0.1) is 0 Å². The van der Waals surface area contributed by atoms with E-state index in [1.165, 1.54) is 0 Å². The Balaban J connectivity index is 1.72. The zero-order valence-electron chi connectivity index (χ0n) is 19.6. The van der Waals surface area contributed by atoms with E-state index in [0.717, 1.165) is 24.2 Å². The summed E-state index contributed by atoms with van der Waals surface area (Å²) in [7, 11) is 0. The Labute approximate surface area is 196 Å². The summed E-state index contributed by atoms with van der Waals surface area (Å²) in [6.45, 7) is 6.23. The number of hydrogen-bond acceptors (Lipinski definition) is 6. The number of hydrogen-bond donors (Lipinski definition) is 3. The van der Waals surface area contributed by atoms with Crippen LogP contribution in [0.2, 0.25) is 0 Å². The van der Waals surface area contributed by atoms with Gasteiger partial charge in [0, 0.05) is 37.4 Å². The average molecular weight is 457 g/mol. The van der Waals surface area contributed by atoms with Crippen molar-refractivity contribution in [3.63, 3.8) is 0 Å². The van der Waals surface area contributed by atoms with Crippen molar-refractivity contribution in [2.45, 2.75) is 45.8 Å². The molecule has 33 heavy (non-hydrogen) atoms. The van der Waals surface area contributed by atoms with Gasteiger partial charge in [-0.25, -0.2) is 4.79 Å². The molecule has 0 aliphatic carbocycles. The zero-order valence-corrected chi connectivity index (χ0v) is 19.6. The average Bonchev–Trinajstić information content (AvgIpc) is 2.80. The molecular formula is C25H36N4O4. The van der Waals surface area contributed by atoms with E-state index in [4.69, 9.17) is 20.9 Å². The minimum Gasteiger partial charge on any atom is -0.494 e. The first-order valence-corrected chi connectivity index (χ1v) is 11.4. The van der Waals surface area contributed by atoms with Gasteiger partial charge in [-0.2, -0.15) is 0 Å². The molecule has 0 aromatic heterocycles. The molecule has 0 fully saturated rings. The Kier molecular flexibility index (Phi) is 11.0. The predicted octanol–water partition coefficient (Wildman–Crippen LogP) is 3.55. The molecule has 0 atom stereocenters. The van der Waals surface area contributed by atoms with Crippen LogP contribution >= 0.6 is 0 Å². The van der Waals surface area contributed by atoms with Crippen LogP contribution in [0.3, 0.4) is 0 Å². The third-order valence-electron chi connectivity index (χ3n) is 4.91. The molecule has 0 saturated heterocycles. The van der Waals surface area contributed by atoms with Gasteiger partial charge in [0.2, 0.25) is 0 Å². The van der Waals surface area contributed by atoms with Crippen LogP contribution in [0.1, 0.15) is 49.0 Å². The minimum atomic E-state index is -0.340. The number of nitrogens with zero attached hydrogens (tertiary/aromatic N) is 1. The lowest BCUT2D eigenvalue weighted by molar-refractivity contribution is 0.0754. The second kappa shape index (κ2) is 14.0. The number of unbranched alkanes of at least 4 members (excludes halogenated alkanes) is 1. The van der Waals surface area contributed by atoms with Crippen molar-refractivity contribution in [1.82, 2.24) is 10.2 Å². The fourth-order valence-electron chi connectivity index (χ4n) is 3.10. The summed E-state index contributed by atoms with van der Waals surface area (Å²) in [5, 5.41) is 2.87. The van der Waals surface area contributed by atoms with Gasteiger partial charge in [0.15, 0.2) is 0 Å². The monoisotopic (exact) mass is 456 g/mol. The first kappa shape index (κ1) is 26.0. The summed E-state index contributed by atoms with van der Waals surface area (Å²) in [5.41, 5.74) is 13.5. The van der Waals surface area contributed by atoms with Gasteiger partial charge in [0.1, 0.15) is 5.75 Å². The van der Waals surface area contributed by atoms with Crippen LogP contribution in [0.4, 0.5) is 10.5 Å². The highest BCUT2D eigenvalue weighted by molar-refractivity contribution is 5.94. The highest BCUT2D eigenvalue weighted by Crippen LogP contribution is 2.12. The number of nitrogens with two attached hydrogens (primary N) is 2. The number of nitrogens with one attached hydrogen (secondary N) is 1. The summed E-state index contributed by atoms with van der Waals surface area (Å²) in [4.78, 5) is 26.3. The largest absolute Gasteiger partial charge is 0.494 e. The van der Waals surface area contributed by atoms with Crippen molar-refractivity contribution in [1.29, 1.82) is 0 Å². The SMILES string of the molecule is CC(C)OC(=O)N(CCCCOc1ccc(CN)cc1)CCCNC(=O)c1ccc(N)cc1. The standard InChI is InChI=1S/C25H36N4O4/c1-19(2)33-25(31)29(15-3-4-17-32-23-12-6-20(18-26)7-13-23)16-5-14-28-24(30)21-8-10-22(27)11-9-21/h6-13,19H,3-5,14-18,26-27H2,1-2H3,(H,28,30). The number of benzene rings is 2. The maximum Gasteiger partial charge on any atom is 0.410 e. The van der Waals surface area contributed by atoms with Crippen LogP contribution < -0.4 is 21.5 Å². The number of nitrogen functional groups attached to an aromatic ring is 1. The first-order chi connectivity index (χ1) is 15.9. The smallest absolute Gasteiger partial charge is 0.410 e. The highest BCUT2D eigenvalue weighted by atomic mass is 16.6. The number of anilines is 1. The number of ether oxygens (including phenoxy) is 2. The molecule has 8 nitrogen and oxygen atoms in total. The van der Waals surface area contributed by atoms with E-state index in [1.807, 2.05) is 38.1 Å². The Hall–Kier alpha value is -3.26. The van der Waals surface area contributed by atoms with Gasteiger partial charge >= 0.3 is 6.09 Å². The van der Waals surface area contributed by atoms with Gasteiger partial charge < -0.3 is 31.2 Å². The maximum atomic E-state index is 12.4. The first-order valence-electron chi connectivity index (χ1n) is 11.4. The van der Waals surface area contributed by atoms with E-state index in [-0.39, 0.29) is 18.1 Å². The summed E-state index contributed by atoms with van der Waals surface area (Å²) >= 11 is 0. The zero-order chi connectivity index (χ0) is 24.1. The van der Waals surface area contributed by atoms with Gasteiger partial charge in [-0.05, 0) is 75.1 Å². The lowest BCUT2D eigenvalue weighted by Crippen LogP contribution is -2.36. The Bertz CT molecular complexity index is 854. The van der Waals surface area contributed by atoms with Crippen LogP contribution in [0.15, 0.2) is 48.5 Å². The Morgan fingerprint density at radius 2 is 1.64 bits per heavy atom. The summed E-state index contributed by atoms with van der Waals surface area (Å²) in [6, 6.07) is 14.5. The molecule has 2 amide bonds. The molecule has 5 N–H and O–H groups in total. The molecule has 0 aliphatic rings. The molecule has 0 unspecified atom stereocenters. The van der Waals surface area contributed by atoms with Crippen LogP contribution in [-0.2, 0) is 11.3 Å². The number of carbonyl (C=O) groups excluding carboxylic acids is 2. The number of rotatable bonds is 13. The normalized spacial score (nSPS) is 10.7. The third kappa shape index (κ3) is 9.82. The predicted molar refractivity (Wildman–Crippen MR) is 130 cm³/mol. The lowest BCUT2D eigenvalue weighted by atomic mass is 10.2. The number of amides is 2. The van der Waals surface area contributed by atoms with Gasteiger partial charge in [0.25, 0.3) is 5.91 Å². The minimum absolute atomic E-state index is 0.164. The van der Waals surface area contributed by atoms with Gasteiger partial charge in [-0.15, -0.1) is 0 Å². The van der Waals surface area contributed by atoms with Crippen LogP contribution in [-0.4, -0.2) is 49.2 Å². The molecule has 0 heterocycles. The molecule has 0 spiro atoms. The fraction of sp³-hybridized carbons (Fsp3) is 0.440. The molecule has 0 saturated carbocycles. The summed E-state index contributed by atoms with van der Waals surface area (Å²) in [5.74, 6) is 0.642. The van der Waals surface area contributed by atoms with E-state index < -0.39 is 0 Å². The van der Waals surface area contributed by atoms with Gasteiger partial charge in [-0.1, -0.05) is 12.1 Å². The molecule has 2 aromatic carbocycles.